The van der Waals surface area contributed by atoms with E-state index in [0.717, 1.165) is 16.7 Å². The summed E-state index contributed by atoms with van der Waals surface area (Å²) in [6.07, 6.45) is 4.78. The van der Waals surface area contributed by atoms with Gasteiger partial charge in [-0.2, -0.15) is 0 Å². The number of pyridine rings is 1. The number of hydrogen-bond acceptors (Lipinski definition) is 6. The van der Waals surface area contributed by atoms with E-state index in [1.54, 1.807) is 42.9 Å². The standard InChI is InChI=1S/C24H21FN6O/c1-15(16-6-8-20(25)9-7-16)29-21-12-19(17-2-4-18(5-3-17)24(26)32)13-22(30-21)31-23-14-27-10-11-28-23/h2-15H,1H3,(H2,26,32)(H2,28,29,30,31)/t15-/m0/s1. The van der Waals surface area contributed by atoms with Crippen LogP contribution in [0.25, 0.3) is 11.1 Å². The highest BCUT2D eigenvalue weighted by atomic mass is 19.1. The molecule has 4 rings (SSSR count). The van der Waals surface area contributed by atoms with Crippen LogP contribution in [0.4, 0.5) is 21.8 Å². The number of nitrogens with two attached hydrogens (primary N) is 1. The van der Waals surface area contributed by atoms with Crippen LogP contribution in [-0.2, 0) is 0 Å². The van der Waals surface area contributed by atoms with Gasteiger partial charge in [0, 0.05) is 24.0 Å². The van der Waals surface area contributed by atoms with Gasteiger partial charge in [-0.15, -0.1) is 0 Å². The molecule has 0 spiro atoms. The number of hydrogen-bond donors (Lipinski definition) is 3. The molecule has 32 heavy (non-hydrogen) atoms. The number of rotatable bonds is 7. The summed E-state index contributed by atoms with van der Waals surface area (Å²) in [5.41, 5.74) is 8.47. The molecule has 1 amide bonds. The Balaban J connectivity index is 1.67. The summed E-state index contributed by atoms with van der Waals surface area (Å²) >= 11 is 0. The SMILES string of the molecule is C[C@H](Nc1cc(-c2ccc(C(N)=O)cc2)cc(Nc2cnccn2)n1)c1ccc(F)cc1. The number of benzene rings is 2. The van der Waals surface area contributed by atoms with Gasteiger partial charge < -0.3 is 16.4 Å². The number of aromatic nitrogens is 3. The van der Waals surface area contributed by atoms with Crippen LogP contribution in [-0.4, -0.2) is 20.9 Å². The third-order valence-corrected chi connectivity index (χ3v) is 4.88. The van der Waals surface area contributed by atoms with Gasteiger partial charge in [0.2, 0.25) is 5.91 Å². The fourth-order valence-electron chi connectivity index (χ4n) is 3.21. The minimum Gasteiger partial charge on any atom is -0.366 e. The van der Waals surface area contributed by atoms with E-state index < -0.39 is 5.91 Å². The van der Waals surface area contributed by atoms with Crippen LogP contribution in [0, 0.1) is 5.82 Å². The minimum absolute atomic E-state index is 0.111. The number of carbonyl (C=O) groups excluding carboxylic acids is 1. The molecule has 160 valence electrons. The van der Waals surface area contributed by atoms with Gasteiger partial charge in [0.25, 0.3) is 0 Å². The zero-order valence-electron chi connectivity index (χ0n) is 17.3. The first-order valence-corrected chi connectivity index (χ1v) is 9.95. The quantitative estimate of drug-likeness (QED) is 0.394. The molecule has 1 atom stereocenters. The van der Waals surface area contributed by atoms with Crippen LogP contribution in [0.15, 0.2) is 79.3 Å². The molecule has 0 aliphatic rings. The van der Waals surface area contributed by atoms with E-state index in [-0.39, 0.29) is 11.9 Å². The van der Waals surface area contributed by atoms with Gasteiger partial charge in [-0.25, -0.2) is 14.4 Å². The number of anilines is 3. The van der Waals surface area contributed by atoms with Gasteiger partial charge in [-0.3, -0.25) is 9.78 Å². The number of nitrogens with one attached hydrogen (secondary N) is 2. The fourth-order valence-corrected chi connectivity index (χ4v) is 3.21. The Morgan fingerprint density at radius 1 is 0.938 bits per heavy atom. The van der Waals surface area contributed by atoms with Crippen molar-refractivity contribution in [3.8, 4) is 11.1 Å². The summed E-state index contributed by atoms with van der Waals surface area (Å²) in [6.45, 7) is 1.97. The summed E-state index contributed by atoms with van der Waals surface area (Å²) in [4.78, 5) is 24.3. The summed E-state index contributed by atoms with van der Waals surface area (Å²) < 4.78 is 13.3. The molecular formula is C24H21FN6O. The lowest BCUT2D eigenvalue weighted by atomic mass is 10.0. The summed E-state index contributed by atoms with van der Waals surface area (Å²) in [7, 11) is 0. The third-order valence-electron chi connectivity index (χ3n) is 4.88. The van der Waals surface area contributed by atoms with E-state index in [9.17, 15) is 9.18 Å². The van der Waals surface area contributed by atoms with Gasteiger partial charge in [-0.05, 0) is 60.0 Å². The van der Waals surface area contributed by atoms with Crippen molar-refractivity contribution in [3.05, 3.63) is 96.2 Å². The Bertz CT molecular complexity index is 1210. The number of carbonyl (C=O) groups is 1. The summed E-state index contributed by atoms with van der Waals surface area (Å²) in [5, 5.41) is 6.52. The van der Waals surface area contributed by atoms with Crippen molar-refractivity contribution in [2.45, 2.75) is 13.0 Å². The van der Waals surface area contributed by atoms with Crippen LogP contribution in [0.2, 0.25) is 0 Å². The normalized spacial score (nSPS) is 11.6. The van der Waals surface area contributed by atoms with Crippen molar-refractivity contribution >= 4 is 23.4 Å². The first-order chi connectivity index (χ1) is 15.5. The first kappa shape index (κ1) is 20.9. The number of nitrogens with zero attached hydrogens (tertiary/aromatic N) is 3. The van der Waals surface area contributed by atoms with Crippen LogP contribution in [0.1, 0.15) is 28.9 Å². The van der Waals surface area contributed by atoms with Gasteiger partial charge in [0.15, 0.2) is 0 Å². The molecule has 2 heterocycles. The maximum absolute atomic E-state index is 13.3. The second-order valence-corrected chi connectivity index (χ2v) is 7.20. The predicted octanol–water partition coefficient (Wildman–Crippen LogP) is 4.69. The molecule has 0 saturated carbocycles. The second-order valence-electron chi connectivity index (χ2n) is 7.20. The molecule has 0 bridgehead atoms. The monoisotopic (exact) mass is 428 g/mol. The Hall–Kier alpha value is -4.33. The zero-order valence-corrected chi connectivity index (χ0v) is 17.3. The second kappa shape index (κ2) is 9.22. The molecule has 7 nitrogen and oxygen atoms in total. The van der Waals surface area contributed by atoms with E-state index in [2.05, 4.69) is 25.6 Å². The lowest BCUT2D eigenvalue weighted by Gasteiger charge is -2.17. The molecule has 4 aromatic rings. The van der Waals surface area contributed by atoms with Gasteiger partial charge >= 0.3 is 0 Å². The first-order valence-electron chi connectivity index (χ1n) is 9.95. The highest BCUT2D eigenvalue weighted by Gasteiger charge is 2.11. The lowest BCUT2D eigenvalue weighted by Crippen LogP contribution is -2.10. The highest BCUT2D eigenvalue weighted by Crippen LogP contribution is 2.28. The van der Waals surface area contributed by atoms with Crippen LogP contribution < -0.4 is 16.4 Å². The van der Waals surface area contributed by atoms with E-state index in [4.69, 9.17) is 5.73 Å². The Labute approximate surface area is 184 Å². The van der Waals surface area contributed by atoms with Crippen molar-refractivity contribution in [2.75, 3.05) is 10.6 Å². The molecule has 0 fully saturated rings. The lowest BCUT2D eigenvalue weighted by molar-refractivity contribution is 0.100. The summed E-state index contributed by atoms with van der Waals surface area (Å²) in [6, 6.07) is 17.0. The smallest absolute Gasteiger partial charge is 0.248 e. The van der Waals surface area contributed by atoms with Crippen molar-refractivity contribution in [1.29, 1.82) is 0 Å². The number of primary amides is 1. The average molecular weight is 428 g/mol. The average Bonchev–Trinajstić information content (AvgIpc) is 2.80. The molecule has 2 aromatic carbocycles. The van der Waals surface area contributed by atoms with Crippen LogP contribution >= 0.6 is 0 Å². The molecule has 0 unspecified atom stereocenters. The van der Waals surface area contributed by atoms with Crippen molar-refractivity contribution in [2.24, 2.45) is 5.73 Å². The molecule has 8 heteroatoms. The van der Waals surface area contributed by atoms with Gasteiger partial charge in [-0.1, -0.05) is 24.3 Å². The van der Waals surface area contributed by atoms with Crippen molar-refractivity contribution in [1.82, 2.24) is 15.0 Å². The van der Waals surface area contributed by atoms with Gasteiger partial charge in [0.05, 0.1) is 6.20 Å². The van der Waals surface area contributed by atoms with E-state index in [1.807, 2.05) is 31.2 Å². The fraction of sp³-hybridized carbons (Fsp3) is 0.0833. The van der Waals surface area contributed by atoms with Crippen LogP contribution in [0.5, 0.6) is 0 Å². The topological polar surface area (TPSA) is 106 Å². The number of halogens is 1. The largest absolute Gasteiger partial charge is 0.366 e. The van der Waals surface area contributed by atoms with E-state index in [1.165, 1.54) is 12.1 Å². The highest BCUT2D eigenvalue weighted by molar-refractivity contribution is 5.93. The van der Waals surface area contributed by atoms with E-state index in [0.29, 0.717) is 23.0 Å². The minimum atomic E-state index is -0.480. The third kappa shape index (κ3) is 5.04. The maximum Gasteiger partial charge on any atom is 0.248 e. The molecule has 0 aliphatic heterocycles. The number of amides is 1. The van der Waals surface area contributed by atoms with E-state index >= 15 is 0 Å². The molecule has 4 N–H and O–H groups in total. The molecule has 2 aromatic heterocycles. The Kier molecular flexibility index (Phi) is 6.03. The van der Waals surface area contributed by atoms with Crippen LogP contribution in [0.3, 0.4) is 0 Å². The zero-order chi connectivity index (χ0) is 22.5. The maximum atomic E-state index is 13.3. The van der Waals surface area contributed by atoms with Crippen molar-refractivity contribution < 1.29 is 9.18 Å². The Morgan fingerprint density at radius 3 is 2.31 bits per heavy atom. The molecule has 0 saturated heterocycles. The summed E-state index contributed by atoms with van der Waals surface area (Å²) in [5.74, 6) is 0.974. The Morgan fingerprint density at radius 2 is 1.66 bits per heavy atom. The predicted molar refractivity (Wildman–Crippen MR) is 122 cm³/mol. The van der Waals surface area contributed by atoms with Crippen molar-refractivity contribution in [3.63, 3.8) is 0 Å². The van der Waals surface area contributed by atoms with Gasteiger partial charge in [0.1, 0.15) is 23.3 Å². The molecule has 0 aliphatic carbocycles. The molecular weight excluding hydrogens is 407 g/mol. The molecule has 0 radical (unpaired) electrons.